The summed E-state index contributed by atoms with van der Waals surface area (Å²) in [5.41, 5.74) is 0.304. The van der Waals surface area contributed by atoms with Gasteiger partial charge in [0.2, 0.25) is 0 Å². The van der Waals surface area contributed by atoms with E-state index in [9.17, 15) is 9.90 Å². The normalized spacial score (nSPS) is 15.9. The summed E-state index contributed by atoms with van der Waals surface area (Å²) in [4.78, 5) is 14.3. The van der Waals surface area contributed by atoms with Crippen molar-refractivity contribution in [2.45, 2.75) is 44.6 Å². The number of aliphatic hydroxyl groups is 1. The Morgan fingerprint density at radius 1 is 1.00 bits per heavy atom. The maximum Gasteiger partial charge on any atom is 0.412 e. The third-order valence-corrected chi connectivity index (χ3v) is 6.18. The summed E-state index contributed by atoms with van der Waals surface area (Å²) in [6.07, 6.45) is 12.0. The quantitative estimate of drug-likeness (QED) is 0.314. The highest BCUT2D eigenvalue weighted by molar-refractivity contribution is 5.70. The number of hydrogen-bond donors (Lipinski definition) is 2. The Kier molecular flexibility index (Phi) is 10.9. The lowest BCUT2D eigenvalue weighted by molar-refractivity contribution is -0.0264. The highest BCUT2D eigenvalue weighted by Gasteiger charge is 2.33. The van der Waals surface area contributed by atoms with Crippen molar-refractivity contribution in [3.63, 3.8) is 0 Å². The first-order valence-corrected chi connectivity index (χ1v) is 12.5. The van der Waals surface area contributed by atoms with E-state index < -0.39 is 11.7 Å². The summed E-state index contributed by atoms with van der Waals surface area (Å²) in [6, 6.07) is 17.1. The first-order valence-electron chi connectivity index (χ1n) is 12.5. The lowest BCUT2D eigenvalue weighted by Crippen LogP contribution is -2.43. The second-order valence-electron chi connectivity index (χ2n) is 8.80. The van der Waals surface area contributed by atoms with Crippen LogP contribution in [0.2, 0.25) is 0 Å². The zero-order valence-corrected chi connectivity index (χ0v) is 20.7. The van der Waals surface area contributed by atoms with E-state index >= 15 is 0 Å². The predicted molar refractivity (Wildman–Crippen MR) is 140 cm³/mol. The third-order valence-electron chi connectivity index (χ3n) is 6.18. The monoisotopic (exact) mass is 478 g/mol. The Bertz CT molecular complexity index is 933. The van der Waals surface area contributed by atoms with Crippen LogP contribution < -0.4 is 14.8 Å². The van der Waals surface area contributed by atoms with Crippen molar-refractivity contribution < 1.29 is 19.4 Å². The molecule has 35 heavy (non-hydrogen) atoms. The van der Waals surface area contributed by atoms with Gasteiger partial charge in [0.25, 0.3) is 0 Å². The summed E-state index contributed by atoms with van der Waals surface area (Å²) in [5, 5.41) is 13.7. The molecule has 1 heterocycles. The van der Waals surface area contributed by atoms with Gasteiger partial charge >= 0.3 is 6.09 Å². The van der Waals surface area contributed by atoms with Gasteiger partial charge in [-0.3, -0.25) is 0 Å². The largest absolute Gasteiger partial charge is 0.494 e. The number of unbranched alkanes of at least 4 members (excludes halogenated alkanes) is 1. The lowest BCUT2D eigenvalue weighted by Gasteiger charge is -2.38. The average molecular weight is 479 g/mol. The summed E-state index contributed by atoms with van der Waals surface area (Å²) >= 11 is 0. The molecule has 6 heteroatoms. The Hall–Kier alpha value is -3.09. The van der Waals surface area contributed by atoms with E-state index in [0.717, 1.165) is 63.1 Å². The summed E-state index contributed by atoms with van der Waals surface area (Å²) in [6.45, 7) is 5.76. The fraction of sp³-hybridized carbons (Fsp3) is 0.414. The molecule has 188 valence electrons. The zero-order valence-electron chi connectivity index (χ0n) is 20.7. The van der Waals surface area contributed by atoms with Crippen LogP contribution >= 0.6 is 0 Å². The van der Waals surface area contributed by atoms with Gasteiger partial charge in [0.1, 0.15) is 11.5 Å². The molecule has 2 aromatic carbocycles. The molecule has 3 rings (SSSR count). The number of likely N-dealkylation sites (tertiary alicyclic amines) is 1. The van der Waals surface area contributed by atoms with E-state index in [0.29, 0.717) is 18.9 Å². The first-order chi connectivity index (χ1) is 17.1. The lowest BCUT2D eigenvalue weighted by atomic mass is 9.84. The van der Waals surface area contributed by atoms with E-state index in [2.05, 4.69) is 16.3 Å². The van der Waals surface area contributed by atoms with Gasteiger partial charge < -0.3 is 24.8 Å². The number of carbonyl (C=O) groups is 1. The number of ether oxygens (including phenoxy) is 2. The van der Waals surface area contributed by atoms with Crippen LogP contribution in [0.3, 0.4) is 0 Å². The molecule has 1 aliphatic heterocycles. The molecule has 0 bridgehead atoms. The van der Waals surface area contributed by atoms with Gasteiger partial charge in [-0.05, 0) is 68.9 Å². The maximum atomic E-state index is 11.9. The summed E-state index contributed by atoms with van der Waals surface area (Å²) < 4.78 is 11.1. The average Bonchev–Trinajstić information content (AvgIpc) is 2.89. The summed E-state index contributed by atoms with van der Waals surface area (Å²) in [7, 11) is 0. The third kappa shape index (κ3) is 9.23. The number of nitrogens with zero attached hydrogens (tertiary/aromatic N) is 1. The van der Waals surface area contributed by atoms with Gasteiger partial charge in [-0.25, -0.2) is 4.79 Å². The smallest absolute Gasteiger partial charge is 0.412 e. The molecule has 2 N–H and O–H groups in total. The summed E-state index contributed by atoms with van der Waals surface area (Å²) in [5.74, 6) is 1.23. The highest BCUT2D eigenvalue weighted by atomic mass is 16.6. The van der Waals surface area contributed by atoms with Gasteiger partial charge in [-0.15, -0.1) is 0 Å². The number of allylic oxidation sites excluding steroid dienone is 3. The fourth-order valence-electron chi connectivity index (χ4n) is 4.11. The first kappa shape index (κ1) is 26.5. The SMILES string of the molecule is C/C=C\CC/C=C\CNC(=O)Oc1ccc(OCCCN2CCC(O)(c3ccccc3)CC2)cc1. The van der Waals surface area contributed by atoms with Gasteiger partial charge in [-0.2, -0.15) is 0 Å². The predicted octanol–water partition coefficient (Wildman–Crippen LogP) is 5.44. The number of rotatable bonds is 12. The minimum Gasteiger partial charge on any atom is -0.494 e. The molecule has 2 aromatic rings. The zero-order chi connectivity index (χ0) is 24.8. The van der Waals surface area contributed by atoms with Gasteiger partial charge in [-0.1, -0.05) is 54.6 Å². The van der Waals surface area contributed by atoms with Crippen LogP contribution in [0.15, 0.2) is 78.9 Å². The molecule has 1 fully saturated rings. The topological polar surface area (TPSA) is 71.0 Å². The molecule has 0 aliphatic carbocycles. The van der Waals surface area contributed by atoms with Crippen molar-refractivity contribution >= 4 is 6.09 Å². The number of benzene rings is 2. The Balaban J connectivity index is 1.28. The van der Waals surface area contributed by atoms with Gasteiger partial charge in [0, 0.05) is 26.2 Å². The van der Waals surface area contributed by atoms with Crippen LogP contribution in [0.1, 0.15) is 44.6 Å². The van der Waals surface area contributed by atoms with E-state index in [1.54, 1.807) is 12.1 Å². The van der Waals surface area contributed by atoms with Crippen molar-refractivity contribution in [2.24, 2.45) is 0 Å². The second-order valence-corrected chi connectivity index (χ2v) is 8.80. The number of amides is 1. The van der Waals surface area contributed by atoms with Crippen LogP contribution in [0, 0.1) is 0 Å². The van der Waals surface area contributed by atoms with Crippen molar-refractivity contribution in [2.75, 3.05) is 32.8 Å². The molecule has 0 saturated carbocycles. The number of carbonyl (C=O) groups excluding carboxylic acids is 1. The van der Waals surface area contributed by atoms with Crippen LogP contribution in [-0.2, 0) is 5.60 Å². The molecule has 6 nitrogen and oxygen atoms in total. The van der Waals surface area contributed by atoms with Crippen LogP contribution in [0.5, 0.6) is 11.5 Å². The van der Waals surface area contributed by atoms with Crippen molar-refractivity contribution in [3.05, 3.63) is 84.5 Å². The van der Waals surface area contributed by atoms with E-state index in [-0.39, 0.29) is 0 Å². The minimum absolute atomic E-state index is 0.443. The number of piperidine rings is 1. The minimum atomic E-state index is -0.711. The standard InChI is InChI=1S/C29H38N2O4/c1-2-3-4-5-6-10-20-30-28(32)35-27-16-14-26(15-17-27)34-24-11-21-31-22-18-29(33,19-23-31)25-12-8-7-9-13-25/h2-3,6-10,12-17,33H,4-5,11,18-24H2,1H3,(H,30,32)/b3-2-,10-6-. The maximum absolute atomic E-state index is 11.9. The molecule has 1 aliphatic rings. The fourth-order valence-corrected chi connectivity index (χ4v) is 4.11. The molecule has 0 aromatic heterocycles. The Morgan fingerprint density at radius 3 is 2.40 bits per heavy atom. The van der Waals surface area contributed by atoms with E-state index in [1.165, 1.54) is 0 Å². The van der Waals surface area contributed by atoms with Crippen LogP contribution in [0.25, 0.3) is 0 Å². The molecular formula is C29H38N2O4. The molecule has 0 spiro atoms. The molecular weight excluding hydrogens is 440 g/mol. The Morgan fingerprint density at radius 2 is 1.69 bits per heavy atom. The van der Waals surface area contributed by atoms with Crippen molar-refractivity contribution in [1.82, 2.24) is 10.2 Å². The van der Waals surface area contributed by atoms with Crippen LogP contribution in [0.4, 0.5) is 4.79 Å². The Labute approximate surface area is 209 Å². The molecule has 1 saturated heterocycles. The van der Waals surface area contributed by atoms with E-state index in [1.807, 2.05) is 67.6 Å². The number of hydrogen-bond acceptors (Lipinski definition) is 5. The van der Waals surface area contributed by atoms with Crippen molar-refractivity contribution in [1.29, 1.82) is 0 Å². The molecule has 0 unspecified atom stereocenters. The van der Waals surface area contributed by atoms with Gasteiger partial charge in [0.05, 0.1) is 12.2 Å². The van der Waals surface area contributed by atoms with Crippen LogP contribution in [-0.4, -0.2) is 48.9 Å². The highest BCUT2D eigenvalue weighted by Crippen LogP contribution is 2.32. The second kappa shape index (κ2) is 14.3. The van der Waals surface area contributed by atoms with Crippen molar-refractivity contribution in [3.8, 4) is 11.5 Å². The van der Waals surface area contributed by atoms with Gasteiger partial charge in [0.15, 0.2) is 0 Å². The molecule has 1 amide bonds. The molecule has 0 radical (unpaired) electrons. The number of nitrogens with one attached hydrogen (secondary N) is 1. The molecule has 0 atom stereocenters. The van der Waals surface area contributed by atoms with E-state index in [4.69, 9.17) is 9.47 Å².